The van der Waals surface area contributed by atoms with E-state index in [2.05, 4.69) is 11.9 Å². The molecule has 0 atom stereocenters. The Morgan fingerprint density at radius 2 is 1.72 bits per heavy atom. The number of ether oxygens (including phenoxy) is 1. The SMILES string of the molecule is C=CCNCCCCCCO[C@H]1CC[C@H](N(C)S(=O)(=O)c2ccc(C(F)(F)F)cc2)CC1. The largest absolute Gasteiger partial charge is 0.416 e. The molecule has 0 amide bonds. The van der Waals surface area contributed by atoms with Crippen LogP contribution in [0.15, 0.2) is 41.8 Å². The van der Waals surface area contributed by atoms with E-state index in [1.807, 2.05) is 6.08 Å². The maximum atomic E-state index is 12.8. The van der Waals surface area contributed by atoms with E-state index < -0.39 is 21.8 Å². The number of nitrogens with zero attached hydrogens (tertiary/aromatic N) is 1. The molecule has 0 spiro atoms. The van der Waals surface area contributed by atoms with Crippen molar-refractivity contribution in [3.05, 3.63) is 42.5 Å². The zero-order valence-electron chi connectivity index (χ0n) is 18.7. The van der Waals surface area contributed by atoms with Crippen molar-refractivity contribution in [2.24, 2.45) is 0 Å². The summed E-state index contributed by atoms with van der Waals surface area (Å²) in [6, 6.07) is 3.50. The summed E-state index contributed by atoms with van der Waals surface area (Å²) in [6.07, 6.45) is 4.86. The van der Waals surface area contributed by atoms with Gasteiger partial charge in [0.15, 0.2) is 0 Å². The zero-order valence-corrected chi connectivity index (χ0v) is 19.6. The number of alkyl halides is 3. The predicted molar refractivity (Wildman–Crippen MR) is 120 cm³/mol. The van der Waals surface area contributed by atoms with Crippen LogP contribution in [0.25, 0.3) is 0 Å². The fourth-order valence-electron chi connectivity index (χ4n) is 3.91. The molecule has 0 heterocycles. The van der Waals surface area contributed by atoms with E-state index in [-0.39, 0.29) is 17.0 Å². The van der Waals surface area contributed by atoms with Crippen molar-refractivity contribution in [2.75, 3.05) is 26.7 Å². The summed E-state index contributed by atoms with van der Waals surface area (Å²) in [4.78, 5) is -0.119. The van der Waals surface area contributed by atoms with Crippen LogP contribution in [-0.4, -0.2) is 51.6 Å². The van der Waals surface area contributed by atoms with E-state index in [1.165, 1.54) is 11.4 Å². The van der Waals surface area contributed by atoms with E-state index in [1.54, 1.807) is 0 Å². The van der Waals surface area contributed by atoms with Crippen LogP contribution >= 0.6 is 0 Å². The third-order valence-electron chi connectivity index (χ3n) is 5.91. The Morgan fingerprint density at radius 3 is 2.31 bits per heavy atom. The molecule has 0 bridgehead atoms. The van der Waals surface area contributed by atoms with Crippen LogP contribution in [0.4, 0.5) is 13.2 Å². The Morgan fingerprint density at radius 1 is 1.09 bits per heavy atom. The molecule has 2 rings (SSSR count). The number of nitrogens with one attached hydrogen (secondary N) is 1. The molecule has 1 fully saturated rings. The van der Waals surface area contributed by atoms with E-state index in [9.17, 15) is 21.6 Å². The van der Waals surface area contributed by atoms with E-state index in [4.69, 9.17) is 4.74 Å². The van der Waals surface area contributed by atoms with Crippen LogP contribution in [0.1, 0.15) is 56.9 Å². The van der Waals surface area contributed by atoms with Crippen LogP contribution in [0.3, 0.4) is 0 Å². The maximum Gasteiger partial charge on any atom is 0.416 e. The lowest BCUT2D eigenvalue weighted by atomic mass is 9.93. The molecular weight excluding hydrogens is 441 g/mol. The van der Waals surface area contributed by atoms with Gasteiger partial charge in [0.2, 0.25) is 10.0 Å². The first-order chi connectivity index (χ1) is 15.2. The zero-order chi connectivity index (χ0) is 23.6. The lowest BCUT2D eigenvalue weighted by Gasteiger charge is -2.34. The van der Waals surface area contributed by atoms with E-state index >= 15 is 0 Å². The monoisotopic (exact) mass is 476 g/mol. The van der Waals surface area contributed by atoms with Gasteiger partial charge in [-0.05, 0) is 69.3 Å². The molecule has 1 saturated carbocycles. The lowest BCUT2D eigenvalue weighted by Crippen LogP contribution is -2.40. The average Bonchev–Trinajstić information content (AvgIpc) is 2.77. The highest BCUT2D eigenvalue weighted by Crippen LogP contribution is 2.32. The van der Waals surface area contributed by atoms with E-state index in [0.29, 0.717) is 12.8 Å². The van der Waals surface area contributed by atoms with Gasteiger partial charge in [0, 0.05) is 26.2 Å². The summed E-state index contributed by atoms with van der Waals surface area (Å²) in [5, 5.41) is 3.28. The Kier molecular flexibility index (Phi) is 10.7. The molecule has 9 heteroatoms. The molecule has 1 aromatic rings. The van der Waals surface area contributed by atoms with Crippen molar-refractivity contribution in [3.63, 3.8) is 0 Å². The third kappa shape index (κ3) is 8.17. The summed E-state index contributed by atoms with van der Waals surface area (Å²) in [6.45, 7) is 6.22. The van der Waals surface area contributed by atoms with Gasteiger partial charge in [-0.15, -0.1) is 6.58 Å². The normalized spacial score (nSPS) is 19.9. The second kappa shape index (κ2) is 12.7. The molecule has 5 nitrogen and oxygen atoms in total. The van der Waals surface area contributed by atoms with E-state index in [0.717, 1.165) is 82.5 Å². The molecule has 0 saturated heterocycles. The molecule has 32 heavy (non-hydrogen) atoms. The van der Waals surface area contributed by atoms with Crippen LogP contribution < -0.4 is 5.32 Å². The Bertz CT molecular complexity index is 790. The summed E-state index contributed by atoms with van der Waals surface area (Å²) in [7, 11) is -2.34. The number of unbranched alkanes of at least 4 members (excludes halogenated alkanes) is 3. The van der Waals surface area contributed by atoms with Crippen molar-refractivity contribution in [1.29, 1.82) is 0 Å². The first-order valence-electron chi connectivity index (χ1n) is 11.2. The highest BCUT2D eigenvalue weighted by Gasteiger charge is 2.34. The van der Waals surface area contributed by atoms with Gasteiger partial charge >= 0.3 is 6.18 Å². The smallest absolute Gasteiger partial charge is 0.378 e. The Labute approximate surface area is 190 Å². The molecule has 1 aliphatic carbocycles. The first kappa shape index (κ1) is 26.8. The standard InChI is InChI=1S/C23H35F3N2O3S/c1-3-16-27-17-6-4-5-7-18-31-21-12-10-20(11-13-21)28(2)32(29,30)22-14-8-19(9-15-22)23(24,25)26/h3,8-9,14-15,20-21,27H,1,4-7,10-13,16-18H2,2H3/t20-,21-. The van der Waals surface area contributed by atoms with Crippen LogP contribution in [-0.2, 0) is 20.9 Å². The Hall–Kier alpha value is -1.42. The fraction of sp³-hybridized carbons (Fsp3) is 0.652. The van der Waals surface area contributed by atoms with Crippen LogP contribution in [0, 0.1) is 0 Å². The van der Waals surface area contributed by atoms with Gasteiger partial charge in [-0.1, -0.05) is 18.9 Å². The molecule has 1 aromatic carbocycles. The summed E-state index contributed by atoms with van der Waals surface area (Å²) in [5.41, 5.74) is -0.860. The molecule has 1 aliphatic rings. The summed E-state index contributed by atoms with van der Waals surface area (Å²) < 4.78 is 71.1. The molecular formula is C23H35F3N2O3S. The summed E-state index contributed by atoms with van der Waals surface area (Å²) >= 11 is 0. The van der Waals surface area contributed by atoms with Crippen molar-refractivity contribution in [2.45, 2.75) is 74.6 Å². The van der Waals surface area contributed by atoms with Gasteiger partial charge in [-0.3, -0.25) is 0 Å². The number of hydrogen-bond donors (Lipinski definition) is 1. The van der Waals surface area contributed by atoms with Crippen LogP contribution in [0.2, 0.25) is 0 Å². The van der Waals surface area contributed by atoms with Gasteiger partial charge in [0.25, 0.3) is 0 Å². The van der Waals surface area contributed by atoms with Gasteiger partial charge in [-0.2, -0.15) is 17.5 Å². The van der Waals surface area contributed by atoms with Crippen molar-refractivity contribution >= 4 is 10.0 Å². The summed E-state index contributed by atoms with van der Waals surface area (Å²) in [5.74, 6) is 0. The topological polar surface area (TPSA) is 58.6 Å². The molecule has 182 valence electrons. The molecule has 0 aliphatic heterocycles. The molecule has 0 unspecified atom stereocenters. The Balaban J connectivity index is 1.71. The minimum Gasteiger partial charge on any atom is -0.378 e. The molecule has 1 N–H and O–H groups in total. The predicted octanol–water partition coefficient (Wildman–Crippen LogP) is 4.99. The lowest BCUT2D eigenvalue weighted by molar-refractivity contribution is -0.137. The second-order valence-electron chi connectivity index (χ2n) is 8.25. The minimum atomic E-state index is -4.49. The second-order valence-corrected chi connectivity index (χ2v) is 10.2. The van der Waals surface area contributed by atoms with Gasteiger partial charge in [0.1, 0.15) is 0 Å². The number of rotatable bonds is 13. The minimum absolute atomic E-state index is 0.119. The fourth-order valence-corrected chi connectivity index (χ4v) is 5.33. The quantitative estimate of drug-likeness (QED) is 0.322. The number of hydrogen-bond acceptors (Lipinski definition) is 4. The number of benzene rings is 1. The van der Waals surface area contributed by atoms with Crippen molar-refractivity contribution < 1.29 is 26.3 Å². The third-order valence-corrected chi connectivity index (χ3v) is 7.83. The number of sulfonamides is 1. The van der Waals surface area contributed by atoms with Crippen molar-refractivity contribution in [1.82, 2.24) is 9.62 Å². The highest BCUT2D eigenvalue weighted by molar-refractivity contribution is 7.89. The van der Waals surface area contributed by atoms with Crippen LogP contribution in [0.5, 0.6) is 0 Å². The highest BCUT2D eigenvalue weighted by atomic mass is 32.2. The molecule has 0 aromatic heterocycles. The molecule has 0 radical (unpaired) electrons. The first-order valence-corrected chi connectivity index (χ1v) is 12.7. The van der Waals surface area contributed by atoms with Crippen molar-refractivity contribution in [3.8, 4) is 0 Å². The average molecular weight is 477 g/mol. The van der Waals surface area contributed by atoms with Gasteiger partial charge in [-0.25, -0.2) is 8.42 Å². The number of halogens is 3. The van der Waals surface area contributed by atoms with Gasteiger partial charge < -0.3 is 10.1 Å². The van der Waals surface area contributed by atoms with Gasteiger partial charge in [0.05, 0.1) is 16.6 Å². The maximum absolute atomic E-state index is 12.8.